The number of nitrogens with one attached hydrogen (secondary N) is 1. The second-order valence-electron chi connectivity index (χ2n) is 5.08. The van der Waals surface area contributed by atoms with Crippen LogP contribution in [0.5, 0.6) is 0 Å². The molecule has 1 saturated heterocycles. The molecule has 1 aliphatic heterocycles. The second-order valence-corrected chi connectivity index (χ2v) is 5.45. The van der Waals surface area contributed by atoms with E-state index in [-0.39, 0.29) is 0 Å². The lowest BCUT2D eigenvalue weighted by molar-refractivity contribution is 0.263. The number of nitrogens with zero attached hydrogens (tertiary/aromatic N) is 1. The zero-order valence-corrected chi connectivity index (χ0v) is 11.3. The van der Waals surface area contributed by atoms with E-state index in [0.717, 1.165) is 24.8 Å². The van der Waals surface area contributed by atoms with Gasteiger partial charge in [-0.1, -0.05) is 0 Å². The van der Waals surface area contributed by atoms with E-state index in [1.54, 1.807) is 6.07 Å². The van der Waals surface area contributed by atoms with Gasteiger partial charge in [-0.05, 0) is 63.0 Å². The summed E-state index contributed by atoms with van der Waals surface area (Å²) in [5, 5.41) is 3.90. The molecule has 4 heteroatoms. The van der Waals surface area contributed by atoms with Gasteiger partial charge in [0.1, 0.15) is 5.76 Å². The lowest BCUT2D eigenvalue weighted by Gasteiger charge is -2.20. The fourth-order valence-corrected chi connectivity index (χ4v) is 2.51. The summed E-state index contributed by atoms with van der Waals surface area (Å²) in [7, 11) is 0. The summed E-state index contributed by atoms with van der Waals surface area (Å²) in [5.41, 5.74) is 0. The highest BCUT2D eigenvalue weighted by atomic mass is 35.5. The van der Waals surface area contributed by atoms with Crippen molar-refractivity contribution in [2.45, 2.75) is 32.9 Å². The topological polar surface area (TPSA) is 28.4 Å². The first-order chi connectivity index (χ1) is 8.15. The minimum Gasteiger partial charge on any atom is -0.448 e. The largest absolute Gasteiger partial charge is 0.448 e. The van der Waals surface area contributed by atoms with Crippen molar-refractivity contribution < 1.29 is 4.42 Å². The van der Waals surface area contributed by atoms with Crippen LogP contribution in [0, 0.1) is 5.92 Å². The van der Waals surface area contributed by atoms with Crippen LogP contribution in [-0.4, -0.2) is 30.6 Å². The zero-order chi connectivity index (χ0) is 12.3. The van der Waals surface area contributed by atoms with Crippen LogP contribution in [0.3, 0.4) is 0 Å². The third-order valence-corrected chi connectivity index (χ3v) is 3.61. The summed E-state index contributed by atoms with van der Waals surface area (Å²) in [5.74, 6) is 1.68. The highest BCUT2D eigenvalue weighted by Gasteiger charge is 2.23. The molecule has 2 rings (SSSR count). The van der Waals surface area contributed by atoms with Crippen molar-refractivity contribution in [1.29, 1.82) is 0 Å². The van der Waals surface area contributed by atoms with Crippen LogP contribution in [0.25, 0.3) is 0 Å². The molecule has 0 aliphatic carbocycles. The van der Waals surface area contributed by atoms with Crippen molar-refractivity contribution in [1.82, 2.24) is 10.2 Å². The Bertz CT molecular complexity index is 351. The number of halogens is 1. The maximum absolute atomic E-state index is 5.72. The SMILES string of the molecule is CC(C)N1CCC(CNCc2ccc(Cl)o2)C1. The van der Waals surface area contributed by atoms with E-state index in [0.29, 0.717) is 11.3 Å². The highest BCUT2D eigenvalue weighted by Crippen LogP contribution is 2.18. The Morgan fingerprint density at radius 2 is 2.35 bits per heavy atom. The van der Waals surface area contributed by atoms with Gasteiger partial charge in [0.25, 0.3) is 0 Å². The third-order valence-electron chi connectivity index (χ3n) is 3.41. The summed E-state index contributed by atoms with van der Waals surface area (Å²) >= 11 is 5.72. The third kappa shape index (κ3) is 3.73. The Morgan fingerprint density at radius 1 is 1.53 bits per heavy atom. The monoisotopic (exact) mass is 256 g/mol. The Hall–Kier alpha value is -0.510. The van der Waals surface area contributed by atoms with E-state index in [9.17, 15) is 0 Å². The molecule has 1 aromatic rings. The van der Waals surface area contributed by atoms with E-state index in [2.05, 4.69) is 24.1 Å². The van der Waals surface area contributed by atoms with E-state index >= 15 is 0 Å². The van der Waals surface area contributed by atoms with Crippen LogP contribution in [0.2, 0.25) is 5.22 Å². The van der Waals surface area contributed by atoms with Crippen LogP contribution < -0.4 is 5.32 Å². The van der Waals surface area contributed by atoms with Crippen molar-refractivity contribution in [3.8, 4) is 0 Å². The van der Waals surface area contributed by atoms with Crippen molar-refractivity contribution in [3.05, 3.63) is 23.1 Å². The lowest BCUT2D eigenvalue weighted by Crippen LogP contribution is -2.30. The number of hydrogen-bond donors (Lipinski definition) is 1. The Morgan fingerprint density at radius 3 is 2.94 bits per heavy atom. The molecule has 0 amide bonds. The summed E-state index contributed by atoms with van der Waals surface area (Å²) in [4.78, 5) is 2.54. The minimum atomic E-state index is 0.466. The van der Waals surface area contributed by atoms with Gasteiger partial charge in [0.15, 0.2) is 5.22 Å². The van der Waals surface area contributed by atoms with Crippen LogP contribution in [0.1, 0.15) is 26.0 Å². The van der Waals surface area contributed by atoms with Crippen molar-refractivity contribution in [2.75, 3.05) is 19.6 Å². The van der Waals surface area contributed by atoms with Crippen LogP contribution in [0.15, 0.2) is 16.5 Å². The smallest absolute Gasteiger partial charge is 0.193 e. The number of rotatable bonds is 5. The van der Waals surface area contributed by atoms with Crippen LogP contribution >= 0.6 is 11.6 Å². The molecule has 17 heavy (non-hydrogen) atoms. The molecular weight excluding hydrogens is 236 g/mol. The van der Waals surface area contributed by atoms with E-state index in [1.165, 1.54) is 19.5 Å². The fraction of sp³-hybridized carbons (Fsp3) is 0.692. The molecular formula is C13H21ClN2O. The number of hydrogen-bond acceptors (Lipinski definition) is 3. The van der Waals surface area contributed by atoms with Gasteiger partial charge < -0.3 is 14.6 Å². The predicted octanol–water partition coefficient (Wildman–Crippen LogP) is 2.75. The fourth-order valence-electron chi connectivity index (χ4n) is 2.34. The second kappa shape index (κ2) is 5.89. The molecule has 0 aromatic carbocycles. The van der Waals surface area contributed by atoms with Crippen molar-refractivity contribution in [3.63, 3.8) is 0 Å². The first-order valence-electron chi connectivity index (χ1n) is 6.34. The molecule has 1 atom stereocenters. The number of furan rings is 1. The van der Waals surface area contributed by atoms with Crippen molar-refractivity contribution >= 4 is 11.6 Å². The molecule has 1 aromatic heterocycles. The molecule has 2 heterocycles. The molecule has 0 saturated carbocycles. The highest BCUT2D eigenvalue weighted by molar-refractivity contribution is 6.28. The van der Waals surface area contributed by atoms with Gasteiger partial charge in [-0.15, -0.1) is 0 Å². The maximum atomic E-state index is 5.72. The normalized spacial score (nSPS) is 21.5. The van der Waals surface area contributed by atoms with Gasteiger partial charge in [0.2, 0.25) is 0 Å². The maximum Gasteiger partial charge on any atom is 0.193 e. The standard InChI is InChI=1S/C13H21ClN2O/c1-10(2)16-6-5-11(9-16)7-15-8-12-3-4-13(14)17-12/h3-4,10-11,15H,5-9H2,1-2H3. The van der Waals surface area contributed by atoms with E-state index in [1.807, 2.05) is 6.07 Å². The first kappa shape index (κ1) is 12.9. The summed E-state index contributed by atoms with van der Waals surface area (Å²) in [6, 6.07) is 4.38. The first-order valence-corrected chi connectivity index (χ1v) is 6.72. The van der Waals surface area contributed by atoms with E-state index < -0.39 is 0 Å². The number of likely N-dealkylation sites (tertiary alicyclic amines) is 1. The molecule has 3 nitrogen and oxygen atoms in total. The quantitative estimate of drug-likeness (QED) is 0.878. The molecule has 0 spiro atoms. The van der Waals surface area contributed by atoms with Gasteiger partial charge in [-0.3, -0.25) is 0 Å². The summed E-state index contributed by atoms with van der Waals surface area (Å²) < 4.78 is 5.30. The molecule has 0 radical (unpaired) electrons. The Labute approximate surface area is 108 Å². The molecule has 1 aliphatic rings. The molecule has 1 unspecified atom stereocenters. The predicted molar refractivity (Wildman–Crippen MR) is 70.2 cm³/mol. The Balaban J connectivity index is 1.66. The molecule has 1 fully saturated rings. The summed E-state index contributed by atoms with van der Waals surface area (Å²) in [6.07, 6.45) is 1.30. The molecule has 1 N–H and O–H groups in total. The van der Waals surface area contributed by atoms with Crippen LogP contribution in [0.4, 0.5) is 0 Å². The van der Waals surface area contributed by atoms with Gasteiger partial charge in [0, 0.05) is 12.6 Å². The Kier molecular flexibility index (Phi) is 4.48. The van der Waals surface area contributed by atoms with E-state index in [4.69, 9.17) is 16.0 Å². The summed E-state index contributed by atoms with van der Waals surface area (Å²) in [6.45, 7) is 8.80. The average molecular weight is 257 g/mol. The zero-order valence-electron chi connectivity index (χ0n) is 10.6. The molecule has 96 valence electrons. The van der Waals surface area contributed by atoms with Crippen molar-refractivity contribution in [2.24, 2.45) is 5.92 Å². The van der Waals surface area contributed by atoms with Gasteiger partial charge in [0.05, 0.1) is 6.54 Å². The molecule has 0 bridgehead atoms. The minimum absolute atomic E-state index is 0.466. The van der Waals surface area contributed by atoms with Gasteiger partial charge >= 0.3 is 0 Å². The van der Waals surface area contributed by atoms with Crippen LogP contribution in [-0.2, 0) is 6.54 Å². The van der Waals surface area contributed by atoms with Gasteiger partial charge in [-0.25, -0.2) is 0 Å². The average Bonchev–Trinajstić information content (AvgIpc) is 2.88. The lowest BCUT2D eigenvalue weighted by atomic mass is 10.1. The van der Waals surface area contributed by atoms with Gasteiger partial charge in [-0.2, -0.15) is 0 Å².